The Kier molecular flexibility index (Phi) is 23.2. The zero-order valence-electron chi connectivity index (χ0n) is 19.7. The summed E-state index contributed by atoms with van der Waals surface area (Å²) in [5.74, 6) is 0.0255. The van der Waals surface area contributed by atoms with Gasteiger partial charge in [0.15, 0.2) is 0 Å². The van der Waals surface area contributed by atoms with Gasteiger partial charge in [-0.1, -0.05) is 110 Å². The molecule has 0 aromatic carbocycles. The smallest absolute Gasteiger partial charge is 0.220 e. The molecule has 0 aromatic rings. The second-order valence-corrected chi connectivity index (χ2v) is 8.58. The fraction of sp³-hybridized carbons (Fsp3) is 0.960. The van der Waals surface area contributed by atoms with E-state index in [0.29, 0.717) is 13.0 Å². The van der Waals surface area contributed by atoms with Crippen LogP contribution in [0.4, 0.5) is 0 Å². The van der Waals surface area contributed by atoms with Gasteiger partial charge in [0.1, 0.15) is 0 Å². The van der Waals surface area contributed by atoms with Gasteiger partial charge in [-0.2, -0.15) is 0 Å². The predicted molar refractivity (Wildman–Crippen MR) is 124 cm³/mol. The Labute approximate surface area is 181 Å². The summed E-state index contributed by atoms with van der Waals surface area (Å²) in [6.45, 7) is 5.48. The summed E-state index contributed by atoms with van der Waals surface area (Å²) in [7, 11) is 0. The van der Waals surface area contributed by atoms with Gasteiger partial charge in [0.05, 0.1) is 19.3 Å². The average Bonchev–Trinajstić information content (AvgIpc) is 2.72. The van der Waals surface area contributed by atoms with E-state index in [2.05, 4.69) is 19.2 Å². The van der Waals surface area contributed by atoms with Crippen molar-refractivity contribution in [3.63, 3.8) is 0 Å². The lowest BCUT2D eigenvalue weighted by molar-refractivity contribution is -0.122. The van der Waals surface area contributed by atoms with Crippen LogP contribution in [0, 0.1) is 0 Å². The lowest BCUT2D eigenvalue weighted by atomic mass is 10.0. The van der Waals surface area contributed by atoms with Gasteiger partial charge >= 0.3 is 0 Å². The van der Waals surface area contributed by atoms with Crippen molar-refractivity contribution in [1.29, 1.82) is 0 Å². The van der Waals surface area contributed by atoms with E-state index in [1.807, 2.05) is 0 Å². The van der Waals surface area contributed by atoms with Gasteiger partial charge in [0, 0.05) is 13.0 Å². The van der Waals surface area contributed by atoms with Crippen LogP contribution in [0.3, 0.4) is 0 Å². The number of unbranched alkanes of at least 4 members (excludes halogenated alkanes) is 15. The van der Waals surface area contributed by atoms with Crippen LogP contribution in [0.15, 0.2) is 0 Å². The first-order valence-electron chi connectivity index (χ1n) is 12.7. The zero-order chi connectivity index (χ0) is 21.4. The van der Waals surface area contributed by atoms with Gasteiger partial charge in [0.2, 0.25) is 5.91 Å². The molecule has 0 spiro atoms. The van der Waals surface area contributed by atoms with Crippen LogP contribution >= 0.6 is 0 Å². The number of aliphatic hydroxyl groups is 1. The first-order valence-corrected chi connectivity index (χ1v) is 12.7. The van der Waals surface area contributed by atoms with Crippen molar-refractivity contribution in [3.05, 3.63) is 0 Å². The third-order valence-corrected chi connectivity index (χ3v) is 5.55. The molecule has 0 bridgehead atoms. The van der Waals surface area contributed by atoms with Gasteiger partial charge in [-0.25, -0.2) is 0 Å². The summed E-state index contributed by atoms with van der Waals surface area (Å²) in [6, 6.07) is -0.268. The Bertz CT molecular complexity index is 336. The number of hydrogen-bond acceptors (Lipinski definition) is 3. The van der Waals surface area contributed by atoms with Gasteiger partial charge in [-0.15, -0.1) is 0 Å². The summed E-state index contributed by atoms with van der Waals surface area (Å²) in [5, 5.41) is 12.2. The molecule has 0 heterocycles. The SMILES string of the molecule is CCCCCCCCCCCCCCCCOCC(CO)NC(=O)CCCCC. The Balaban J connectivity index is 3.31. The molecule has 4 heteroatoms. The highest BCUT2D eigenvalue weighted by atomic mass is 16.5. The second kappa shape index (κ2) is 23.7. The number of amides is 1. The molecule has 0 radical (unpaired) electrons. The summed E-state index contributed by atoms with van der Waals surface area (Å²) in [6.07, 6.45) is 22.6. The molecule has 29 heavy (non-hydrogen) atoms. The highest BCUT2D eigenvalue weighted by molar-refractivity contribution is 5.76. The molecule has 0 saturated heterocycles. The molecule has 0 fully saturated rings. The van der Waals surface area contributed by atoms with Gasteiger partial charge in [-0.3, -0.25) is 4.79 Å². The van der Waals surface area contributed by atoms with Crippen molar-refractivity contribution in [2.45, 2.75) is 135 Å². The van der Waals surface area contributed by atoms with E-state index in [4.69, 9.17) is 4.74 Å². The molecule has 1 amide bonds. The van der Waals surface area contributed by atoms with Gasteiger partial charge < -0.3 is 15.2 Å². The average molecular weight is 414 g/mol. The van der Waals surface area contributed by atoms with Crippen LogP contribution in [-0.4, -0.2) is 36.9 Å². The van der Waals surface area contributed by atoms with Crippen LogP contribution in [0.1, 0.15) is 129 Å². The Morgan fingerprint density at radius 3 is 1.66 bits per heavy atom. The summed E-state index contributed by atoms with van der Waals surface area (Å²) in [4.78, 5) is 11.8. The second-order valence-electron chi connectivity index (χ2n) is 8.58. The molecule has 2 N–H and O–H groups in total. The van der Waals surface area contributed by atoms with Crippen molar-refractivity contribution in [3.8, 4) is 0 Å². The van der Waals surface area contributed by atoms with E-state index in [1.165, 1.54) is 83.5 Å². The summed E-state index contributed by atoms with van der Waals surface area (Å²) >= 11 is 0. The summed E-state index contributed by atoms with van der Waals surface area (Å²) < 4.78 is 5.65. The molecule has 4 nitrogen and oxygen atoms in total. The highest BCUT2D eigenvalue weighted by Gasteiger charge is 2.11. The van der Waals surface area contributed by atoms with Crippen molar-refractivity contribution in [1.82, 2.24) is 5.32 Å². The van der Waals surface area contributed by atoms with Crippen molar-refractivity contribution >= 4 is 5.91 Å². The molecule has 1 unspecified atom stereocenters. The number of carbonyl (C=O) groups is 1. The number of aliphatic hydroxyl groups excluding tert-OH is 1. The van der Waals surface area contributed by atoms with E-state index in [-0.39, 0.29) is 18.6 Å². The van der Waals surface area contributed by atoms with Crippen LogP contribution in [0.5, 0.6) is 0 Å². The third kappa shape index (κ3) is 21.9. The minimum absolute atomic E-state index is 0.0255. The van der Waals surface area contributed by atoms with E-state index in [9.17, 15) is 9.90 Å². The molecule has 174 valence electrons. The lowest BCUT2D eigenvalue weighted by Gasteiger charge is -2.16. The van der Waals surface area contributed by atoms with Crippen LogP contribution in [0.2, 0.25) is 0 Å². The normalized spacial score (nSPS) is 12.2. The van der Waals surface area contributed by atoms with Gasteiger partial charge in [0.25, 0.3) is 0 Å². The molecule has 1 atom stereocenters. The topological polar surface area (TPSA) is 58.6 Å². The lowest BCUT2D eigenvalue weighted by Crippen LogP contribution is -2.40. The molecule has 0 aliphatic rings. The molecule has 0 aliphatic heterocycles. The molecular formula is C25H51NO3. The molecule has 0 aromatic heterocycles. The maximum Gasteiger partial charge on any atom is 0.220 e. The number of ether oxygens (including phenoxy) is 1. The van der Waals surface area contributed by atoms with Crippen LogP contribution in [-0.2, 0) is 9.53 Å². The number of hydrogen-bond donors (Lipinski definition) is 2. The fourth-order valence-electron chi connectivity index (χ4n) is 3.60. The minimum atomic E-state index is -0.268. The molecule has 0 aliphatic carbocycles. The van der Waals surface area contributed by atoms with Gasteiger partial charge in [-0.05, 0) is 12.8 Å². The maximum absolute atomic E-state index is 11.8. The van der Waals surface area contributed by atoms with E-state index >= 15 is 0 Å². The minimum Gasteiger partial charge on any atom is -0.394 e. The van der Waals surface area contributed by atoms with E-state index in [0.717, 1.165) is 32.3 Å². The van der Waals surface area contributed by atoms with Crippen molar-refractivity contribution in [2.75, 3.05) is 19.8 Å². The Morgan fingerprint density at radius 1 is 0.724 bits per heavy atom. The highest BCUT2D eigenvalue weighted by Crippen LogP contribution is 2.13. The maximum atomic E-state index is 11.8. The molecule has 0 rings (SSSR count). The Morgan fingerprint density at radius 2 is 1.17 bits per heavy atom. The fourth-order valence-corrected chi connectivity index (χ4v) is 3.60. The quantitative estimate of drug-likeness (QED) is 0.187. The number of carbonyl (C=O) groups excluding carboxylic acids is 1. The first kappa shape index (κ1) is 28.4. The largest absolute Gasteiger partial charge is 0.394 e. The number of nitrogens with one attached hydrogen (secondary N) is 1. The Hall–Kier alpha value is -0.610. The molecular weight excluding hydrogens is 362 g/mol. The van der Waals surface area contributed by atoms with Crippen molar-refractivity contribution < 1.29 is 14.6 Å². The van der Waals surface area contributed by atoms with E-state index in [1.54, 1.807) is 0 Å². The van der Waals surface area contributed by atoms with Crippen LogP contribution in [0.25, 0.3) is 0 Å². The third-order valence-electron chi connectivity index (χ3n) is 5.55. The zero-order valence-corrected chi connectivity index (χ0v) is 19.7. The molecule has 0 saturated carbocycles. The predicted octanol–water partition coefficient (Wildman–Crippen LogP) is 6.54. The number of rotatable bonds is 23. The van der Waals surface area contributed by atoms with E-state index < -0.39 is 0 Å². The van der Waals surface area contributed by atoms with Crippen molar-refractivity contribution in [2.24, 2.45) is 0 Å². The summed E-state index contributed by atoms with van der Waals surface area (Å²) in [5.41, 5.74) is 0. The standard InChI is InChI=1S/C25H51NO3/c1-3-5-7-8-9-10-11-12-13-14-15-16-17-19-21-29-23-24(22-27)26-25(28)20-18-6-4-2/h24,27H,3-23H2,1-2H3,(H,26,28). The first-order chi connectivity index (χ1) is 14.2. The monoisotopic (exact) mass is 413 g/mol. The van der Waals surface area contributed by atoms with Crippen LogP contribution < -0.4 is 5.32 Å².